The van der Waals surface area contributed by atoms with Crippen LogP contribution in [0.25, 0.3) is 0 Å². The van der Waals surface area contributed by atoms with Crippen LogP contribution in [0.3, 0.4) is 0 Å². The van der Waals surface area contributed by atoms with Crippen molar-refractivity contribution >= 4 is 29.9 Å². The fraction of sp³-hybridized carbons (Fsp3) is 0.300. The van der Waals surface area contributed by atoms with Crippen molar-refractivity contribution in [3.63, 3.8) is 0 Å². The van der Waals surface area contributed by atoms with Gasteiger partial charge in [-0.2, -0.15) is 0 Å². The number of benzene rings is 2. The molecule has 1 aliphatic rings. The maximum atomic E-state index is 13.6. The lowest BCUT2D eigenvalue weighted by atomic mass is 10.1. The maximum Gasteiger partial charge on any atom is 0.251 e. The molecule has 0 aliphatic carbocycles. The molecule has 0 aromatic heterocycles. The summed E-state index contributed by atoms with van der Waals surface area (Å²) in [5, 5.41) is 8.62. The Morgan fingerprint density at radius 2 is 1.89 bits per heavy atom. The van der Waals surface area contributed by atoms with E-state index in [4.69, 9.17) is 4.74 Å². The number of morpholine rings is 1. The first-order valence-electron chi connectivity index (χ1n) is 8.82. The number of carbonyl (C=O) groups excluding carboxylic acids is 2. The Morgan fingerprint density at radius 1 is 1.18 bits per heavy atom. The van der Waals surface area contributed by atoms with Crippen LogP contribution in [0.4, 0.5) is 10.1 Å². The van der Waals surface area contributed by atoms with Crippen LogP contribution in [0.5, 0.6) is 0 Å². The van der Waals surface area contributed by atoms with Gasteiger partial charge in [-0.05, 0) is 37.3 Å². The second kappa shape index (κ2) is 10.2. The highest BCUT2D eigenvalue weighted by molar-refractivity contribution is 5.97. The van der Waals surface area contributed by atoms with Crippen LogP contribution in [0.1, 0.15) is 22.8 Å². The average molecular weight is 408 g/mol. The van der Waals surface area contributed by atoms with E-state index < -0.39 is 6.04 Å². The Hall–Kier alpha value is -2.48. The molecule has 3 rings (SSSR count). The largest absolute Gasteiger partial charge is 0.375 e. The molecule has 2 atom stereocenters. The first kappa shape index (κ1) is 21.8. The molecule has 0 radical (unpaired) electrons. The minimum atomic E-state index is -0.414. The van der Waals surface area contributed by atoms with Crippen LogP contribution in [-0.2, 0) is 16.1 Å². The van der Waals surface area contributed by atoms with Crippen molar-refractivity contribution in [2.75, 3.05) is 18.5 Å². The van der Waals surface area contributed by atoms with Crippen molar-refractivity contribution in [1.82, 2.24) is 10.6 Å². The van der Waals surface area contributed by atoms with Crippen molar-refractivity contribution in [2.24, 2.45) is 0 Å². The van der Waals surface area contributed by atoms with Gasteiger partial charge in [0.1, 0.15) is 11.9 Å². The second-order valence-electron chi connectivity index (χ2n) is 6.35. The third kappa shape index (κ3) is 5.51. The smallest absolute Gasteiger partial charge is 0.251 e. The Labute approximate surface area is 169 Å². The van der Waals surface area contributed by atoms with Crippen molar-refractivity contribution in [1.29, 1.82) is 0 Å². The highest BCUT2D eigenvalue weighted by atomic mass is 35.5. The highest BCUT2D eigenvalue weighted by Gasteiger charge is 2.28. The van der Waals surface area contributed by atoms with Gasteiger partial charge in [-0.15, -0.1) is 12.4 Å². The van der Waals surface area contributed by atoms with Crippen LogP contribution >= 0.6 is 12.4 Å². The first-order valence-corrected chi connectivity index (χ1v) is 8.82. The molecule has 150 valence electrons. The second-order valence-corrected chi connectivity index (χ2v) is 6.35. The van der Waals surface area contributed by atoms with E-state index in [1.54, 1.807) is 42.5 Å². The van der Waals surface area contributed by atoms with Gasteiger partial charge in [-0.3, -0.25) is 9.59 Å². The minimum absolute atomic E-state index is 0. The Balaban J connectivity index is 0.00000280. The lowest BCUT2D eigenvalue weighted by molar-refractivity contribution is -0.123. The van der Waals surface area contributed by atoms with Gasteiger partial charge in [0.15, 0.2) is 0 Å². The Bertz CT molecular complexity index is 817. The highest BCUT2D eigenvalue weighted by Crippen LogP contribution is 2.13. The van der Waals surface area contributed by atoms with Crippen LogP contribution in [0, 0.1) is 5.82 Å². The van der Waals surface area contributed by atoms with E-state index in [1.807, 2.05) is 6.92 Å². The minimum Gasteiger partial charge on any atom is -0.375 e. The summed E-state index contributed by atoms with van der Waals surface area (Å²) in [7, 11) is 0. The van der Waals surface area contributed by atoms with Gasteiger partial charge < -0.3 is 20.7 Å². The van der Waals surface area contributed by atoms with Gasteiger partial charge in [0.2, 0.25) is 5.91 Å². The summed E-state index contributed by atoms with van der Waals surface area (Å²) in [6.07, 6.45) is -0.206. The normalized spacial score (nSPS) is 18.6. The fourth-order valence-electron chi connectivity index (χ4n) is 2.87. The molecular formula is C20H23ClFN3O3. The zero-order valence-electron chi connectivity index (χ0n) is 15.4. The summed E-state index contributed by atoms with van der Waals surface area (Å²) in [6, 6.07) is 12.4. The summed E-state index contributed by atoms with van der Waals surface area (Å²) in [5.41, 5.74) is 1.44. The number of amides is 2. The third-order valence-corrected chi connectivity index (χ3v) is 4.41. The van der Waals surface area contributed by atoms with E-state index in [2.05, 4.69) is 16.0 Å². The predicted octanol–water partition coefficient (Wildman–Crippen LogP) is 2.49. The van der Waals surface area contributed by atoms with Crippen LogP contribution in [-0.4, -0.2) is 37.1 Å². The van der Waals surface area contributed by atoms with Crippen molar-refractivity contribution < 1.29 is 18.7 Å². The molecule has 2 aromatic carbocycles. The molecule has 28 heavy (non-hydrogen) atoms. The number of hydrogen-bond acceptors (Lipinski definition) is 4. The summed E-state index contributed by atoms with van der Waals surface area (Å²) in [6.45, 7) is 3.17. The van der Waals surface area contributed by atoms with E-state index in [-0.39, 0.29) is 42.7 Å². The molecule has 6 nitrogen and oxygen atoms in total. The molecule has 1 heterocycles. The zero-order chi connectivity index (χ0) is 19.2. The number of anilines is 1. The van der Waals surface area contributed by atoms with Crippen molar-refractivity contribution in [3.05, 3.63) is 65.5 Å². The lowest BCUT2D eigenvalue weighted by Gasteiger charge is -2.29. The lowest BCUT2D eigenvalue weighted by Crippen LogP contribution is -2.53. The summed E-state index contributed by atoms with van der Waals surface area (Å²) in [4.78, 5) is 24.5. The first-order chi connectivity index (χ1) is 13.0. The maximum absolute atomic E-state index is 13.6. The molecule has 1 saturated heterocycles. The number of nitrogens with one attached hydrogen (secondary N) is 3. The average Bonchev–Trinajstić information content (AvgIpc) is 2.68. The van der Waals surface area contributed by atoms with Crippen LogP contribution in [0.2, 0.25) is 0 Å². The molecule has 3 N–H and O–H groups in total. The van der Waals surface area contributed by atoms with Gasteiger partial charge in [0.25, 0.3) is 5.91 Å². The van der Waals surface area contributed by atoms with E-state index in [9.17, 15) is 14.0 Å². The van der Waals surface area contributed by atoms with Crippen LogP contribution in [0.15, 0.2) is 48.5 Å². The summed E-state index contributed by atoms with van der Waals surface area (Å²) >= 11 is 0. The number of halogens is 2. The molecule has 8 heteroatoms. The van der Waals surface area contributed by atoms with E-state index in [0.717, 1.165) is 0 Å². The van der Waals surface area contributed by atoms with E-state index in [0.29, 0.717) is 30.0 Å². The molecule has 2 amide bonds. The van der Waals surface area contributed by atoms with E-state index in [1.165, 1.54) is 6.07 Å². The standard InChI is InChI=1S/C20H22FN3O3.ClH/c1-13-18(22-10-11-27-13)20(26)24-16-8-6-14(7-9-16)19(25)23-12-15-4-2-3-5-17(15)21;/h2-9,13,18,22H,10-12H2,1H3,(H,23,25)(H,24,26);1H/t13-,18+;/m1./s1. The topological polar surface area (TPSA) is 79.5 Å². The molecule has 0 spiro atoms. The van der Waals surface area contributed by atoms with E-state index >= 15 is 0 Å². The SMILES string of the molecule is C[C@H]1OCCN[C@@H]1C(=O)Nc1ccc(C(=O)NCc2ccccc2F)cc1.Cl. The van der Waals surface area contributed by atoms with Crippen LogP contribution < -0.4 is 16.0 Å². The summed E-state index contributed by atoms with van der Waals surface area (Å²) < 4.78 is 19.1. The number of ether oxygens (including phenoxy) is 1. The van der Waals surface area contributed by atoms with Gasteiger partial charge >= 0.3 is 0 Å². The number of rotatable bonds is 5. The molecule has 0 saturated carbocycles. The molecule has 0 unspecified atom stereocenters. The molecule has 1 aliphatic heterocycles. The molecule has 0 bridgehead atoms. The van der Waals surface area contributed by atoms with Gasteiger partial charge in [0.05, 0.1) is 12.7 Å². The third-order valence-electron chi connectivity index (χ3n) is 4.41. The quantitative estimate of drug-likeness (QED) is 0.711. The van der Waals surface area contributed by atoms with Gasteiger partial charge in [-0.1, -0.05) is 18.2 Å². The number of hydrogen-bond donors (Lipinski definition) is 3. The monoisotopic (exact) mass is 407 g/mol. The Kier molecular flexibility index (Phi) is 7.92. The summed E-state index contributed by atoms with van der Waals surface area (Å²) in [5.74, 6) is -0.851. The van der Waals surface area contributed by atoms with Gasteiger partial charge in [-0.25, -0.2) is 4.39 Å². The fourth-order valence-corrected chi connectivity index (χ4v) is 2.87. The number of carbonyl (C=O) groups is 2. The molecule has 2 aromatic rings. The van der Waals surface area contributed by atoms with Crippen molar-refractivity contribution in [2.45, 2.75) is 25.6 Å². The molecular weight excluding hydrogens is 385 g/mol. The zero-order valence-corrected chi connectivity index (χ0v) is 16.2. The van der Waals surface area contributed by atoms with Crippen molar-refractivity contribution in [3.8, 4) is 0 Å². The molecule has 1 fully saturated rings. The Morgan fingerprint density at radius 3 is 2.57 bits per heavy atom. The van der Waals surface area contributed by atoms with Gasteiger partial charge in [0, 0.05) is 29.9 Å². The predicted molar refractivity (Wildman–Crippen MR) is 107 cm³/mol.